The van der Waals surface area contributed by atoms with Gasteiger partial charge in [0.2, 0.25) is 0 Å². The molecule has 0 aromatic carbocycles. The summed E-state index contributed by atoms with van der Waals surface area (Å²) < 4.78 is 5.40. The Hall–Kier alpha value is -1.03. The molecule has 108 valence electrons. The van der Waals surface area contributed by atoms with Gasteiger partial charge in [0.15, 0.2) is 5.96 Å². The second-order valence-electron chi connectivity index (χ2n) is 5.48. The van der Waals surface area contributed by atoms with Crippen LogP contribution in [0.5, 0.6) is 0 Å². The lowest BCUT2D eigenvalue weighted by molar-refractivity contribution is 0.186. The fourth-order valence-electron chi connectivity index (χ4n) is 2.57. The molecule has 0 amide bonds. The minimum atomic E-state index is 0.640. The molecule has 0 aromatic rings. The number of aliphatic imine (C=N–C) groups is 1. The zero-order chi connectivity index (χ0) is 13.3. The maximum Gasteiger partial charge on any atom is 0.191 e. The standard InChI is InChI=1S/C15H27N3O/c1-2-16-15(18-11-14-8-9-19-12-14)17-10-13-6-4-3-5-7-13/h3-4,13-14H,2,5-12H2,1H3,(H2,16,17,18). The van der Waals surface area contributed by atoms with Crippen molar-refractivity contribution in [2.24, 2.45) is 16.8 Å². The van der Waals surface area contributed by atoms with Crippen molar-refractivity contribution in [2.45, 2.75) is 32.6 Å². The quantitative estimate of drug-likeness (QED) is 0.453. The van der Waals surface area contributed by atoms with Gasteiger partial charge in [-0.3, -0.25) is 4.99 Å². The van der Waals surface area contributed by atoms with Crippen molar-refractivity contribution in [2.75, 3.05) is 32.8 Å². The van der Waals surface area contributed by atoms with E-state index >= 15 is 0 Å². The molecule has 0 bridgehead atoms. The van der Waals surface area contributed by atoms with Crippen LogP contribution in [0.3, 0.4) is 0 Å². The number of nitrogens with one attached hydrogen (secondary N) is 2. The molecule has 2 atom stereocenters. The summed E-state index contributed by atoms with van der Waals surface area (Å²) in [4.78, 5) is 4.72. The van der Waals surface area contributed by atoms with Gasteiger partial charge in [-0.2, -0.15) is 0 Å². The van der Waals surface area contributed by atoms with E-state index in [-0.39, 0.29) is 0 Å². The molecule has 4 heteroatoms. The summed E-state index contributed by atoms with van der Waals surface area (Å²) in [5.74, 6) is 2.32. The van der Waals surface area contributed by atoms with Gasteiger partial charge in [-0.05, 0) is 38.5 Å². The number of nitrogens with zero attached hydrogens (tertiary/aromatic N) is 1. The molecule has 2 unspecified atom stereocenters. The number of rotatable bonds is 5. The van der Waals surface area contributed by atoms with Crippen molar-refractivity contribution < 1.29 is 4.74 Å². The van der Waals surface area contributed by atoms with E-state index in [2.05, 4.69) is 29.7 Å². The zero-order valence-electron chi connectivity index (χ0n) is 12.0. The highest BCUT2D eigenvalue weighted by molar-refractivity contribution is 5.79. The van der Waals surface area contributed by atoms with Crippen LogP contribution in [-0.2, 0) is 4.74 Å². The topological polar surface area (TPSA) is 45.7 Å². The Morgan fingerprint density at radius 1 is 1.26 bits per heavy atom. The Labute approximate surface area is 116 Å². The number of hydrogen-bond acceptors (Lipinski definition) is 2. The minimum absolute atomic E-state index is 0.640. The molecule has 0 saturated carbocycles. The summed E-state index contributed by atoms with van der Waals surface area (Å²) in [6.45, 7) is 6.72. The second kappa shape index (κ2) is 8.20. The third kappa shape index (κ3) is 5.23. The van der Waals surface area contributed by atoms with Crippen LogP contribution < -0.4 is 10.6 Å². The minimum Gasteiger partial charge on any atom is -0.381 e. The van der Waals surface area contributed by atoms with Gasteiger partial charge in [-0.1, -0.05) is 12.2 Å². The predicted molar refractivity (Wildman–Crippen MR) is 79.4 cm³/mol. The van der Waals surface area contributed by atoms with Crippen LogP contribution in [0.15, 0.2) is 17.1 Å². The summed E-state index contributed by atoms with van der Waals surface area (Å²) in [7, 11) is 0. The Kier molecular flexibility index (Phi) is 6.21. The van der Waals surface area contributed by atoms with Crippen LogP contribution in [0.2, 0.25) is 0 Å². The van der Waals surface area contributed by atoms with Gasteiger partial charge in [0, 0.05) is 32.2 Å². The molecule has 0 spiro atoms. The summed E-state index contributed by atoms with van der Waals surface area (Å²) >= 11 is 0. The van der Waals surface area contributed by atoms with E-state index in [0.717, 1.165) is 44.7 Å². The number of ether oxygens (including phenoxy) is 1. The normalized spacial score (nSPS) is 27.5. The molecule has 1 fully saturated rings. The first-order valence-corrected chi connectivity index (χ1v) is 7.63. The van der Waals surface area contributed by atoms with Crippen LogP contribution in [0.1, 0.15) is 32.6 Å². The first-order chi connectivity index (χ1) is 9.38. The van der Waals surface area contributed by atoms with Crippen LogP contribution in [-0.4, -0.2) is 38.8 Å². The van der Waals surface area contributed by atoms with E-state index in [4.69, 9.17) is 9.73 Å². The van der Waals surface area contributed by atoms with Gasteiger partial charge in [0.05, 0.1) is 6.61 Å². The maximum atomic E-state index is 5.40. The predicted octanol–water partition coefficient (Wildman–Crippen LogP) is 1.93. The van der Waals surface area contributed by atoms with Gasteiger partial charge in [0.25, 0.3) is 0 Å². The SMILES string of the molecule is CCNC(=NCC1CC=CCC1)NCC1CCOC1. The summed E-state index contributed by atoms with van der Waals surface area (Å²) in [6, 6.07) is 0. The molecular weight excluding hydrogens is 238 g/mol. The number of hydrogen-bond donors (Lipinski definition) is 2. The fraction of sp³-hybridized carbons (Fsp3) is 0.800. The van der Waals surface area contributed by atoms with Gasteiger partial charge in [-0.25, -0.2) is 0 Å². The Morgan fingerprint density at radius 2 is 2.21 bits per heavy atom. The fourth-order valence-corrected chi connectivity index (χ4v) is 2.57. The van der Waals surface area contributed by atoms with E-state index in [1.807, 2.05) is 0 Å². The van der Waals surface area contributed by atoms with Crippen molar-refractivity contribution in [1.82, 2.24) is 10.6 Å². The zero-order valence-corrected chi connectivity index (χ0v) is 12.0. The van der Waals surface area contributed by atoms with Crippen molar-refractivity contribution in [3.05, 3.63) is 12.2 Å². The van der Waals surface area contributed by atoms with Crippen molar-refractivity contribution in [3.63, 3.8) is 0 Å². The lowest BCUT2D eigenvalue weighted by Gasteiger charge is -2.18. The maximum absolute atomic E-state index is 5.40. The molecular formula is C15H27N3O. The molecule has 2 rings (SSSR count). The van der Waals surface area contributed by atoms with Gasteiger partial charge < -0.3 is 15.4 Å². The average Bonchev–Trinajstić information content (AvgIpc) is 2.96. The van der Waals surface area contributed by atoms with Gasteiger partial charge >= 0.3 is 0 Å². The monoisotopic (exact) mass is 265 g/mol. The lowest BCUT2D eigenvalue weighted by Crippen LogP contribution is -2.40. The Balaban J connectivity index is 1.74. The lowest BCUT2D eigenvalue weighted by atomic mass is 9.95. The number of guanidine groups is 1. The number of allylic oxidation sites excluding steroid dienone is 2. The Morgan fingerprint density at radius 3 is 2.89 bits per heavy atom. The Bertz CT molecular complexity index is 309. The largest absolute Gasteiger partial charge is 0.381 e. The molecule has 1 saturated heterocycles. The van der Waals surface area contributed by atoms with Crippen LogP contribution >= 0.6 is 0 Å². The molecule has 1 aliphatic carbocycles. The van der Waals surface area contributed by atoms with E-state index in [1.165, 1.54) is 25.7 Å². The molecule has 0 aromatic heterocycles. The van der Waals surface area contributed by atoms with Crippen molar-refractivity contribution >= 4 is 5.96 Å². The van der Waals surface area contributed by atoms with E-state index in [1.54, 1.807) is 0 Å². The molecule has 2 N–H and O–H groups in total. The third-order valence-electron chi connectivity index (χ3n) is 3.81. The first kappa shape index (κ1) is 14.4. The van der Waals surface area contributed by atoms with Gasteiger partial charge in [0.1, 0.15) is 0 Å². The molecule has 19 heavy (non-hydrogen) atoms. The van der Waals surface area contributed by atoms with E-state index in [0.29, 0.717) is 5.92 Å². The van der Waals surface area contributed by atoms with Crippen molar-refractivity contribution in [3.8, 4) is 0 Å². The van der Waals surface area contributed by atoms with Crippen LogP contribution in [0.4, 0.5) is 0 Å². The highest BCUT2D eigenvalue weighted by Crippen LogP contribution is 2.18. The second-order valence-corrected chi connectivity index (χ2v) is 5.48. The third-order valence-corrected chi connectivity index (χ3v) is 3.81. The van der Waals surface area contributed by atoms with Crippen molar-refractivity contribution in [1.29, 1.82) is 0 Å². The summed E-state index contributed by atoms with van der Waals surface area (Å²) in [6.07, 6.45) is 9.41. The summed E-state index contributed by atoms with van der Waals surface area (Å²) in [5, 5.41) is 6.77. The smallest absolute Gasteiger partial charge is 0.191 e. The van der Waals surface area contributed by atoms with Gasteiger partial charge in [-0.15, -0.1) is 0 Å². The highest BCUT2D eigenvalue weighted by atomic mass is 16.5. The van der Waals surface area contributed by atoms with Crippen LogP contribution in [0, 0.1) is 11.8 Å². The molecule has 1 aliphatic heterocycles. The molecule has 0 radical (unpaired) electrons. The highest BCUT2D eigenvalue weighted by Gasteiger charge is 2.16. The average molecular weight is 265 g/mol. The van der Waals surface area contributed by atoms with E-state index in [9.17, 15) is 0 Å². The molecule has 4 nitrogen and oxygen atoms in total. The summed E-state index contributed by atoms with van der Waals surface area (Å²) in [5.41, 5.74) is 0. The molecule has 2 aliphatic rings. The van der Waals surface area contributed by atoms with E-state index < -0.39 is 0 Å². The first-order valence-electron chi connectivity index (χ1n) is 7.63. The van der Waals surface area contributed by atoms with Crippen LogP contribution in [0.25, 0.3) is 0 Å². The molecule has 1 heterocycles.